The van der Waals surface area contributed by atoms with Crippen molar-refractivity contribution in [3.8, 4) is 0 Å². The molecular weight excluding hydrogens is 368 g/mol. The van der Waals surface area contributed by atoms with Crippen molar-refractivity contribution in [3.05, 3.63) is 0 Å². The van der Waals surface area contributed by atoms with Crippen LogP contribution in [0.5, 0.6) is 0 Å². The molecular formula is C20H44O8. The second-order valence-electron chi connectivity index (χ2n) is 6.56. The number of hydrogen-bond acceptors (Lipinski definition) is 8. The first-order valence-electron chi connectivity index (χ1n) is 10.1. The van der Waals surface area contributed by atoms with Gasteiger partial charge in [0.1, 0.15) is 0 Å². The average Bonchev–Trinajstić information content (AvgIpc) is 2.72. The summed E-state index contributed by atoms with van der Waals surface area (Å²) in [6.07, 6.45) is 1.77. The van der Waals surface area contributed by atoms with E-state index in [9.17, 15) is 0 Å². The van der Waals surface area contributed by atoms with Gasteiger partial charge < -0.3 is 38.6 Å². The Morgan fingerprint density at radius 2 is 1.32 bits per heavy atom. The van der Waals surface area contributed by atoms with Crippen molar-refractivity contribution < 1.29 is 38.6 Å². The second kappa shape index (κ2) is 23.0. The van der Waals surface area contributed by atoms with Gasteiger partial charge in [-0.3, -0.25) is 0 Å². The summed E-state index contributed by atoms with van der Waals surface area (Å²) >= 11 is 0. The molecule has 28 heavy (non-hydrogen) atoms. The third-order valence-electron chi connectivity index (χ3n) is 3.62. The van der Waals surface area contributed by atoms with E-state index in [1.54, 1.807) is 14.2 Å². The van der Waals surface area contributed by atoms with Gasteiger partial charge in [-0.25, -0.2) is 0 Å². The molecule has 0 aliphatic carbocycles. The molecule has 0 fully saturated rings. The average molecular weight is 413 g/mol. The maximum atomic E-state index is 9.05. The molecule has 0 radical (unpaired) electrons. The molecule has 0 saturated heterocycles. The van der Waals surface area contributed by atoms with Crippen molar-refractivity contribution in [2.45, 2.75) is 71.6 Å². The lowest BCUT2D eigenvalue weighted by Crippen LogP contribution is -2.25. The van der Waals surface area contributed by atoms with Gasteiger partial charge in [0.25, 0.3) is 0 Å². The predicted molar refractivity (Wildman–Crippen MR) is 109 cm³/mol. The van der Waals surface area contributed by atoms with E-state index in [-0.39, 0.29) is 24.9 Å². The minimum absolute atomic E-state index is 0.0293. The molecule has 0 aliphatic heterocycles. The fourth-order valence-electron chi connectivity index (χ4n) is 1.67. The highest BCUT2D eigenvalue weighted by atomic mass is 16.6. The Morgan fingerprint density at radius 1 is 0.750 bits per heavy atom. The molecule has 4 atom stereocenters. The minimum atomic E-state index is -0.622. The number of methoxy groups -OCH3 is 2. The van der Waals surface area contributed by atoms with E-state index < -0.39 is 6.29 Å². The van der Waals surface area contributed by atoms with E-state index in [0.717, 1.165) is 26.1 Å². The van der Waals surface area contributed by atoms with Crippen LogP contribution in [0.25, 0.3) is 0 Å². The molecule has 8 heteroatoms. The van der Waals surface area contributed by atoms with Crippen molar-refractivity contribution in [3.63, 3.8) is 0 Å². The van der Waals surface area contributed by atoms with Gasteiger partial charge in [0, 0.05) is 34.0 Å². The maximum Gasteiger partial charge on any atom is 0.154 e. The Bertz CT molecular complexity index is 279. The number of rotatable bonds is 18. The standard InChI is InChI=1S/2C10H22O4/c1-8(5-11)13-7-10(3)14-6-9(2)12-4;1-3-10(11)14-9-5-8-13-7-4-6-12-2/h8-11H,5-7H2,1-4H3;10-11H,3-9H2,1-2H3. The first kappa shape index (κ1) is 29.9. The highest BCUT2D eigenvalue weighted by Crippen LogP contribution is 1.99. The number of ether oxygens (including phenoxy) is 6. The third-order valence-corrected chi connectivity index (χ3v) is 3.62. The van der Waals surface area contributed by atoms with Gasteiger partial charge in [-0.2, -0.15) is 0 Å². The molecule has 4 unspecified atom stereocenters. The van der Waals surface area contributed by atoms with Gasteiger partial charge in [-0.15, -0.1) is 0 Å². The molecule has 0 saturated carbocycles. The van der Waals surface area contributed by atoms with Crippen LogP contribution in [0.15, 0.2) is 0 Å². The number of hydrogen-bond donors (Lipinski definition) is 2. The highest BCUT2D eigenvalue weighted by molar-refractivity contribution is 4.53. The van der Waals surface area contributed by atoms with E-state index in [2.05, 4.69) is 0 Å². The third kappa shape index (κ3) is 23.7. The molecule has 0 aliphatic rings. The summed E-state index contributed by atoms with van der Waals surface area (Å²) < 4.78 is 31.1. The van der Waals surface area contributed by atoms with Crippen molar-refractivity contribution >= 4 is 0 Å². The van der Waals surface area contributed by atoms with E-state index in [1.165, 1.54) is 0 Å². The van der Waals surface area contributed by atoms with Crippen LogP contribution in [0.1, 0.15) is 47.0 Å². The van der Waals surface area contributed by atoms with E-state index in [4.69, 9.17) is 38.6 Å². The van der Waals surface area contributed by atoms with Crippen LogP contribution in [-0.2, 0) is 28.4 Å². The van der Waals surface area contributed by atoms with E-state index >= 15 is 0 Å². The summed E-state index contributed by atoms with van der Waals surface area (Å²) in [6, 6.07) is 0. The minimum Gasteiger partial charge on any atom is -0.394 e. The van der Waals surface area contributed by atoms with Gasteiger partial charge in [-0.05, 0) is 40.0 Å². The molecule has 0 heterocycles. The van der Waals surface area contributed by atoms with Gasteiger partial charge in [0.15, 0.2) is 6.29 Å². The first-order valence-corrected chi connectivity index (χ1v) is 10.1. The highest BCUT2D eigenvalue weighted by Gasteiger charge is 2.08. The zero-order valence-electron chi connectivity index (χ0n) is 18.7. The first-order chi connectivity index (χ1) is 13.4. The normalized spacial score (nSPS) is 15.4. The molecule has 0 rings (SSSR count). The monoisotopic (exact) mass is 412 g/mol. The second-order valence-corrected chi connectivity index (χ2v) is 6.56. The Labute approximate surface area is 171 Å². The summed E-state index contributed by atoms with van der Waals surface area (Å²) in [5.74, 6) is 0. The molecule has 0 aromatic heterocycles. The SMILES string of the molecule is CCC(O)OCCCOCCCOC.COC(C)COC(C)COC(C)CO. The van der Waals surface area contributed by atoms with E-state index in [0.29, 0.717) is 32.8 Å². The lowest BCUT2D eigenvalue weighted by atomic mass is 10.4. The zero-order valence-corrected chi connectivity index (χ0v) is 18.7. The lowest BCUT2D eigenvalue weighted by Gasteiger charge is -2.18. The molecule has 2 N–H and O–H groups in total. The summed E-state index contributed by atoms with van der Waals surface area (Å²) in [6.45, 7) is 11.4. The topological polar surface area (TPSA) is 95.8 Å². The largest absolute Gasteiger partial charge is 0.394 e. The van der Waals surface area contributed by atoms with Gasteiger partial charge in [-0.1, -0.05) is 6.92 Å². The fraction of sp³-hybridized carbons (Fsp3) is 1.00. The van der Waals surface area contributed by atoms with Crippen LogP contribution in [0.2, 0.25) is 0 Å². The van der Waals surface area contributed by atoms with Crippen LogP contribution in [0.3, 0.4) is 0 Å². The van der Waals surface area contributed by atoms with Crippen molar-refractivity contribution in [1.82, 2.24) is 0 Å². The van der Waals surface area contributed by atoms with Gasteiger partial charge in [0.05, 0.1) is 44.7 Å². The molecule has 0 aromatic carbocycles. The summed E-state index contributed by atoms with van der Waals surface area (Å²) in [7, 11) is 3.34. The van der Waals surface area contributed by atoms with Crippen LogP contribution < -0.4 is 0 Å². The lowest BCUT2D eigenvalue weighted by molar-refractivity contribution is -0.104. The van der Waals surface area contributed by atoms with Crippen LogP contribution >= 0.6 is 0 Å². The van der Waals surface area contributed by atoms with Crippen molar-refractivity contribution in [2.24, 2.45) is 0 Å². The summed E-state index contributed by atoms with van der Waals surface area (Å²) in [5.41, 5.74) is 0. The Kier molecular flexibility index (Phi) is 24.5. The van der Waals surface area contributed by atoms with Crippen molar-refractivity contribution in [1.29, 1.82) is 0 Å². The van der Waals surface area contributed by atoms with E-state index in [1.807, 2.05) is 27.7 Å². The number of aliphatic hydroxyl groups excluding tert-OH is 2. The van der Waals surface area contributed by atoms with Gasteiger partial charge >= 0.3 is 0 Å². The molecule has 0 amide bonds. The fourth-order valence-corrected chi connectivity index (χ4v) is 1.67. The summed E-state index contributed by atoms with van der Waals surface area (Å²) in [5, 5.41) is 17.8. The zero-order chi connectivity index (χ0) is 21.6. The van der Waals surface area contributed by atoms with Crippen LogP contribution in [-0.4, -0.2) is 95.3 Å². The molecule has 8 nitrogen and oxygen atoms in total. The molecule has 172 valence electrons. The Morgan fingerprint density at radius 3 is 1.86 bits per heavy atom. The van der Waals surface area contributed by atoms with Crippen LogP contribution in [0.4, 0.5) is 0 Å². The predicted octanol–water partition coefficient (Wildman–Crippen LogP) is 2.00. The molecule has 0 aromatic rings. The quantitative estimate of drug-likeness (QED) is 0.261. The van der Waals surface area contributed by atoms with Crippen LogP contribution in [0, 0.1) is 0 Å². The Hall–Kier alpha value is -0.320. The Balaban J connectivity index is 0. The maximum absolute atomic E-state index is 9.05. The summed E-state index contributed by atoms with van der Waals surface area (Å²) in [4.78, 5) is 0. The molecule has 0 spiro atoms. The number of aliphatic hydroxyl groups is 2. The smallest absolute Gasteiger partial charge is 0.154 e. The van der Waals surface area contributed by atoms with Gasteiger partial charge in [0.2, 0.25) is 0 Å². The van der Waals surface area contributed by atoms with Crippen molar-refractivity contribution in [2.75, 3.05) is 60.5 Å². The molecule has 0 bridgehead atoms.